The fourth-order valence-electron chi connectivity index (χ4n) is 4.18. The van der Waals surface area contributed by atoms with Crippen molar-refractivity contribution in [3.63, 3.8) is 0 Å². The van der Waals surface area contributed by atoms with Gasteiger partial charge in [0.2, 0.25) is 11.8 Å². The quantitative estimate of drug-likeness (QED) is 0.735. The number of ether oxygens (including phenoxy) is 1. The Morgan fingerprint density at radius 3 is 2.10 bits per heavy atom. The Hall–Kier alpha value is -2.89. The van der Waals surface area contributed by atoms with Gasteiger partial charge in [0.15, 0.2) is 0 Å². The average Bonchev–Trinajstić information content (AvgIpc) is 3.60. The van der Waals surface area contributed by atoms with Crippen LogP contribution in [-0.2, 0) is 21.4 Å². The summed E-state index contributed by atoms with van der Waals surface area (Å²) in [6.07, 6.45) is 2.76. The summed E-state index contributed by atoms with van der Waals surface area (Å²) in [5, 5.41) is 0. The van der Waals surface area contributed by atoms with Crippen LogP contribution in [0.4, 0.5) is 4.39 Å². The topological polar surface area (TPSA) is 49.9 Å². The molecule has 0 bridgehead atoms. The van der Waals surface area contributed by atoms with E-state index in [1.807, 2.05) is 34.1 Å². The SMILES string of the molecule is COc1ccc(CCC(=O)N2CCN(C(=O)C3(c4ccc(F)cc4)CC3)CC2)cc1. The lowest BCUT2D eigenvalue weighted by Crippen LogP contribution is -2.53. The molecule has 2 amide bonds. The van der Waals surface area contributed by atoms with E-state index in [4.69, 9.17) is 4.74 Å². The minimum absolute atomic E-state index is 0.111. The van der Waals surface area contributed by atoms with Crippen LogP contribution in [0.3, 0.4) is 0 Å². The first-order valence-electron chi connectivity index (χ1n) is 10.5. The lowest BCUT2D eigenvalue weighted by Gasteiger charge is -2.36. The molecular weight excluding hydrogens is 383 g/mol. The molecule has 0 spiro atoms. The number of carbonyl (C=O) groups excluding carboxylic acids is 2. The molecular formula is C24H27FN2O3. The molecule has 6 heteroatoms. The molecule has 1 saturated heterocycles. The zero-order valence-electron chi connectivity index (χ0n) is 17.3. The number of benzene rings is 2. The Kier molecular flexibility index (Phi) is 5.75. The second-order valence-corrected chi connectivity index (χ2v) is 8.11. The monoisotopic (exact) mass is 410 g/mol. The largest absolute Gasteiger partial charge is 0.497 e. The summed E-state index contributed by atoms with van der Waals surface area (Å²) in [5.74, 6) is 0.751. The van der Waals surface area contributed by atoms with Crippen molar-refractivity contribution in [2.24, 2.45) is 0 Å². The zero-order chi connectivity index (χ0) is 21.1. The van der Waals surface area contributed by atoms with Crippen molar-refractivity contribution in [2.45, 2.75) is 31.1 Å². The minimum atomic E-state index is -0.492. The summed E-state index contributed by atoms with van der Waals surface area (Å²) in [6, 6.07) is 14.0. The second-order valence-electron chi connectivity index (χ2n) is 8.11. The highest BCUT2D eigenvalue weighted by Crippen LogP contribution is 2.49. The fourth-order valence-corrected chi connectivity index (χ4v) is 4.18. The number of amides is 2. The number of hydrogen-bond donors (Lipinski definition) is 0. The molecule has 158 valence electrons. The van der Waals surface area contributed by atoms with E-state index < -0.39 is 5.41 Å². The number of rotatable bonds is 6. The van der Waals surface area contributed by atoms with Gasteiger partial charge in [-0.05, 0) is 54.7 Å². The van der Waals surface area contributed by atoms with E-state index in [0.29, 0.717) is 39.0 Å². The number of hydrogen-bond acceptors (Lipinski definition) is 3. The number of methoxy groups -OCH3 is 1. The van der Waals surface area contributed by atoms with Crippen LogP contribution in [0.25, 0.3) is 0 Å². The van der Waals surface area contributed by atoms with Crippen molar-refractivity contribution in [3.05, 3.63) is 65.5 Å². The summed E-state index contributed by atoms with van der Waals surface area (Å²) in [7, 11) is 1.63. The Morgan fingerprint density at radius 1 is 0.933 bits per heavy atom. The number of piperazine rings is 1. The number of aryl methyl sites for hydroxylation is 1. The molecule has 0 N–H and O–H groups in total. The van der Waals surface area contributed by atoms with Crippen molar-refractivity contribution in [2.75, 3.05) is 33.3 Å². The van der Waals surface area contributed by atoms with Crippen molar-refractivity contribution in [1.82, 2.24) is 9.80 Å². The Bertz CT molecular complexity index is 899. The maximum Gasteiger partial charge on any atom is 0.233 e. The van der Waals surface area contributed by atoms with E-state index >= 15 is 0 Å². The normalized spacial score (nSPS) is 17.5. The van der Waals surface area contributed by atoms with Gasteiger partial charge < -0.3 is 14.5 Å². The molecule has 1 heterocycles. The first kappa shape index (κ1) is 20.4. The molecule has 0 atom stereocenters. The molecule has 0 radical (unpaired) electrons. The molecule has 1 aliphatic carbocycles. The number of nitrogens with zero attached hydrogens (tertiary/aromatic N) is 2. The summed E-state index contributed by atoms with van der Waals surface area (Å²) >= 11 is 0. The van der Waals surface area contributed by atoms with Gasteiger partial charge in [0.05, 0.1) is 12.5 Å². The van der Waals surface area contributed by atoms with E-state index in [-0.39, 0.29) is 17.6 Å². The maximum absolute atomic E-state index is 13.2. The van der Waals surface area contributed by atoms with Crippen LogP contribution in [0.5, 0.6) is 5.75 Å². The Labute approximate surface area is 176 Å². The summed E-state index contributed by atoms with van der Waals surface area (Å²) in [4.78, 5) is 29.4. The molecule has 2 aromatic carbocycles. The molecule has 2 fully saturated rings. The van der Waals surface area contributed by atoms with Crippen molar-refractivity contribution < 1.29 is 18.7 Å². The van der Waals surface area contributed by atoms with Gasteiger partial charge in [-0.3, -0.25) is 9.59 Å². The van der Waals surface area contributed by atoms with E-state index in [9.17, 15) is 14.0 Å². The van der Waals surface area contributed by atoms with Gasteiger partial charge in [0, 0.05) is 32.6 Å². The van der Waals surface area contributed by atoms with E-state index in [2.05, 4.69) is 0 Å². The van der Waals surface area contributed by atoms with Gasteiger partial charge in [0.25, 0.3) is 0 Å². The fraction of sp³-hybridized carbons (Fsp3) is 0.417. The van der Waals surface area contributed by atoms with Crippen LogP contribution in [0.15, 0.2) is 48.5 Å². The van der Waals surface area contributed by atoms with Gasteiger partial charge in [-0.25, -0.2) is 4.39 Å². The molecule has 5 nitrogen and oxygen atoms in total. The molecule has 1 aliphatic heterocycles. The maximum atomic E-state index is 13.2. The lowest BCUT2D eigenvalue weighted by molar-refractivity contribution is -0.141. The van der Waals surface area contributed by atoms with Crippen molar-refractivity contribution in [3.8, 4) is 5.75 Å². The van der Waals surface area contributed by atoms with Gasteiger partial charge in [-0.2, -0.15) is 0 Å². The third kappa shape index (κ3) is 4.18. The van der Waals surface area contributed by atoms with E-state index in [1.54, 1.807) is 19.2 Å². The van der Waals surface area contributed by atoms with Crippen molar-refractivity contribution >= 4 is 11.8 Å². The standard InChI is InChI=1S/C24H27FN2O3/c1-30-21-9-2-18(3-10-21)4-11-22(28)26-14-16-27(17-15-26)23(29)24(12-13-24)19-5-7-20(25)8-6-19/h2-3,5-10H,4,11-17H2,1H3. The zero-order valence-corrected chi connectivity index (χ0v) is 17.3. The second kappa shape index (κ2) is 8.46. The van der Waals surface area contributed by atoms with Gasteiger partial charge in [0.1, 0.15) is 11.6 Å². The number of halogens is 1. The smallest absolute Gasteiger partial charge is 0.233 e. The van der Waals surface area contributed by atoms with Crippen LogP contribution in [0.2, 0.25) is 0 Å². The van der Waals surface area contributed by atoms with Gasteiger partial charge >= 0.3 is 0 Å². The first-order chi connectivity index (χ1) is 14.5. The lowest BCUT2D eigenvalue weighted by atomic mass is 9.94. The molecule has 1 saturated carbocycles. The van der Waals surface area contributed by atoms with E-state index in [1.165, 1.54) is 12.1 Å². The van der Waals surface area contributed by atoms with Gasteiger partial charge in [-0.1, -0.05) is 24.3 Å². The summed E-state index contributed by atoms with van der Waals surface area (Å²) in [6.45, 7) is 2.23. The average molecular weight is 410 g/mol. The van der Waals surface area contributed by atoms with Crippen molar-refractivity contribution in [1.29, 1.82) is 0 Å². The summed E-state index contributed by atoms with van der Waals surface area (Å²) in [5.41, 5.74) is 1.51. The van der Waals surface area contributed by atoms with Gasteiger partial charge in [-0.15, -0.1) is 0 Å². The Morgan fingerprint density at radius 2 is 1.53 bits per heavy atom. The molecule has 0 unspecified atom stereocenters. The molecule has 2 aliphatic rings. The molecule has 4 rings (SSSR count). The van der Waals surface area contributed by atoms with Crippen LogP contribution >= 0.6 is 0 Å². The predicted octanol–water partition coefficient (Wildman–Crippen LogP) is 3.17. The highest BCUT2D eigenvalue weighted by atomic mass is 19.1. The molecule has 0 aromatic heterocycles. The Balaban J connectivity index is 1.28. The van der Waals surface area contributed by atoms with Crippen LogP contribution in [0, 0.1) is 5.82 Å². The predicted molar refractivity (Wildman–Crippen MR) is 112 cm³/mol. The van der Waals surface area contributed by atoms with E-state index in [0.717, 1.165) is 29.7 Å². The van der Waals surface area contributed by atoms with Crippen LogP contribution in [-0.4, -0.2) is 54.9 Å². The highest BCUT2D eigenvalue weighted by molar-refractivity contribution is 5.91. The summed E-state index contributed by atoms with van der Waals surface area (Å²) < 4.78 is 18.4. The number of carbonyl (C=O) groups is 2. The third-order valence-corrected chi connectivity index (χ3v) is 6.26. The van der Waals surface area contributed by atoms with Crippen LogP contribution < -0.4 is 4.74 Å². The molecule has 30 heavy (non-hydrogen) atoms. The molecule has 2 aromatic rings. The third-order valence-electron chi connectivity index (χ3n) is 6.26. The highest BCUT2D eigenvalue weighted by Gasteiger charge is 2.53. The first-order valence-corrected chi connectivity index (χ1v) is 10.5. The minimum Gasteiger partial charge on any atom is -0.497 e. The van der Waals surface area contributed by atoms with Crippen LogP contribution in [0.1, 0.15) is 30.4 Å².